The van der Waals surface area contributed by atoms with Crippen molar-refractivity contribution in [2.45, 2.75) is 13.5 Å². The van der Waals surface area contributed by atoms with E-state index in [0.29, 0.717) is 12.3 Å². The van der Waals surface area contributed by atoms with Crippen LogP contribution in [-0.4, -0.2) is 7.11 Å². The van der Waals surface area contributed by atoms with Crippen LogP contribution < -0.4 is 15.2 Å². The molecule has 3 heteroatoms. The Labute approximate surface area is 177 Å². The van der Waals surface area contributed by atoms with Crippen molar-refractivity contribution in [3.63, 3.8) is 0 Å². The Morgan fingerprint density at radius 1 is 0.767 bits per heavy atom. The third kappa shape index (κ3) is 4.01. The molecule has 4 rings (SSSR count). The number of benzene rings is 4. The average molecular weight is 396 g/mol. The zero-order valence-corrected chi connectivity index (χ0v) is 17.3. The van der Waals surface area contributed by atoms with Gasteiger partial charge in [0.05, 0.1) is 7.11 Å². The molecule has 0 radical (unpaired) electrons. The summed E-state index contributed by atoms with van der Waals surface area (Å²) in [6.07, 6.45) is 0. The lowest BCUT2D eigenvalue weighted by atomic mass is 9.90. The second kappa shape index (κ2) is 8.75. The number of nitrogen functional groups attached to an aromatic ring is 1. The van der Waals surface area contributed by atoms with Gasteiger partial charge >= 0.3 is 0 Å². The van der Waals surface area contributed by atoms with Crippen molar-refractivity contribution in [3.05, 3.63) is 102 Å². The molecule has 4 aromatic rings. The van der Waals surface area contributed by atoms with Crippen LogP contribution in [0, 0.1) is 6.92 Å². The third-order valence-electron chi connectivity index (χ3n) is 5.18. The van der Waals surface area contributed by atoms with Crippen molar-refractivity contribution >= 4 is 5.69 Å². The number of hydrogen-bond donors (Lipinski definition) is 1. The number of methoxy groups -OCH3 is 1. The summed E-state index contributed by atoms with van der Waals surface area (Å²) < 4.78 is 11.8. The number of hydrogen-bond acceptors (Lipinski definition) is 3. The topological polar surface area (TPSA) is 44.5 Å². The average Bonchev–Trinajstić information content (AvgIpc) is 2.79. The van der Waals surface area contributed by atoms with E-state index in [1.54, 1.807) is 7.11 Å². The molecular weight excluding hydrogens is 370 g/mol. The summed E-state index contributed by atoms with van der Waals surface area (Å²) in [7, 11) is 1.67. The highest BCUT2D eigenvalue weighted by Gasteiger charge is 2.19. The lowest BCUT2D eigenvalue weighted by Gasteiger charge is -2.20. The minimum atomic E-state index is 0.466. The summed E-state index contributed by atoms with van der Waals surface area (Å²) >= 11 is 0. The normalized spacial score (nSPS) is 10.6. The molecule has 0 fully saturated rings. The van der Waals surface area contributed by atoms with Gasteiger partial charge in [0, 0.05) is 22.9 Å². The predicted molar refractivity (Wildman–Crippen MR) is 124 cm³/mol. The molecule has 0 aliphatic rings. The van der Waals surface area contributed by atoms with Crippen LogP contribution >= 0.6 is 0 Å². The van der Waals surface area contributed by atoms with Crippen LogP contribution in [0.3, 0.4) is 0 Å². The molecule has 0 spiro atoms. The van der Waals surface area contributed by atoms with Gasteiger partial charge in [0.25, 0.3) is 0 Å². The van der Waals surface area contributed by atoms with Gasteiger partial charge in [-0.2, -0.15) is 0 Å². The highest BCUT2D eigenvalue weighted by atomic mass is 16.5. The molecule has 0 aliphatic heterocycles. The van der Waals surface area contributed by atoms with Crippen molar-refractivity contribution in [1.29, 1.82) is 0 Å². The molecule has 0 bridgehead atoms. The Morgan fingerprint density at radius 3 is 2.17 bits per heavy atom. The lowest BCUT2D eigenvalue weighted by Crippen LogP contribution is -2.02. The quantitative estimate of drug-likeness (QED) is 0.379. The molecule has 0 amide bonds. The Balaban J connectivity index is 1.87. The minimum Gasteiger partial charge on any atom is -0.497 e. The van der Waals surface area contributed by atoms with E-state index < -0.39 is 0 Å². The molecule has 0 aliphatic carbocycles. The van der Waals surface area contributed by atoms with Crippen LogP contribution in [0.2, 0.25) is 0 Å². The standard InChI is InChI=1S/C27H25NO2/c1-19-16-22(29-2)17-25(30-18-20-10-5-3-6-11-20)26(19)27-23(14-9-15-24(27)28)21-12-7-4-8-13-21/h3-17H,18,28H2,1-2H3. The summed E-state index contributed by atoms with van der Waals surface area (Å²) in [4.78, 5) is 0. The summed E-state index contributed by atoms with van der Waals surface area (Å²) in [6, 6.07) is 30.4. The molecule has 0 aromatic heterocycles. The Kier molecular flexibility index (Phi) is 5.71. The van der Waals surface area contributed by atoms with Crippen LogP contribution in [0.5, 0.6) is 11.5 Å². The van der Waals surface area contributed by atoms with Gasteiger partial charge in [-0.3, -0.25) is 0 Å². The summed E-state index contributed by atoms with van der Waals surface area (Å²) in [5.41, 5.74) is 13.6. The molecule has 0 unspecified atom stereocenters. The molecule has 0 saturated carbocycles. The fourth-order valence-corrected chi connectivity index (χ4v) is 3.72. The van der Waals surface area contributed by atoms with E-state index in [0.717, 1.165) is 44.9 Å². The SMILES string of the molecule is COc1cc(C)c(-c2c(N)cccc2-c2ccccc2)c(OCc2ccccc2)c1. The van der Waals surface area contributed by atoms with Gasteiger partial charge in [-0.25, -0.2) is 0 Å². The first-order valence-corrected chi connectivity index (χ1v) is 9.97. The first-order valence-electron chi connectivity index (χ1n) is 9.97. The van der Waals surface area contributed by atoms with Crippen molar-refractivity contribution in [1.82, 2.24) is 0 Å². The maximum atomic E-state index is 6.52. The van der Waals surface area contributed by atoms with Gasteiger partial charge in [-0.15, -0.1) is 0 Å². The summed E-state index contributed by atoms with van der Waals surface area (Å²) in [6.45, 7) is 2.53. The fourth-order valence-electron chi connectivity index (χ4n) is 3.72. The Bertz CT molecular complexity index is 1140. The van der Waals surface area contributed by atoms with Gasteiger partial charge in [-0.05, 0) is 41.3 Å². The molecular formula is C27H25NO2. The molecule has 150 valence electrons. The lowest BCUT2D eigenvalue weighted by molar-refractivity contribution is 0.305. The first kappa shape index (κ1) is 19.6. The zero-order chi connectivity index (χ0) is 20.9. The summed E-state index contributed by atoms with van der Waals surface area (Å²) in [5.74, 6) is 1.51. The fraction of sp³-hybridized carbons (Fsp3) is 0.111. The molecule has 0 heterocycles. The van der Waals surface area contributed by atoms with Crippen molar-refractivity contribution in [3.8, 4) is 33.8 Å². The molecule has 2 N–H and O–H groups in total. The first-order chi connectivity index (χ1) is 14.7. The van der Waals surface area contributed by atoms with Gasteiger partial charge in [0.15, 0.2) is 0 Å². The maximum absolute atomic E-state index is 6.52. The zero-order valence-electron chi connectivity index (χ0n) is 17.3. The smallest absolute Gasteiger partial charge is 0.131 e. The number of aryl methyl sites for hydroxylation is 1. The van der Waals surface area contributed by atoms with Gasteiger partial charge in [0.1, 0.15) is 18.1 Å². The van der Waals surface area contributed by atoms with Crippen LogP contribution in [0.25, 0.3) is 22.3 Å². The predicted octanol–water partition coefficient (Wildman–Crippen LogP) is 6.50. The van der Waals surface area contributed by atoms with Gasteiger partial charge < -0.3 is 15.2 Å². The number of nitrogens with two attached hydrogens (primary N) is 1. The van der Waals surface area contributed by atoms with Crippen LogP contribution in [0.1, 0.15) is 11.1 Å². The number of rotatable bonds is 6. The van der Waals surface area contributed by atoms with E-state index in [-0.39, 0.29) is 0 Å². The van der Waals surface area contributed by atoms with E-state index in [9.17, 15) is 0 Å². The molecule has 0 atom stereocenters. The van der Waals surface area contributed by atoms with Crippen molar-refractivity contribution < 1.29 is 9.47 Å². The maximum Gasteiger partial charge on any atom is 0.131 e. The molecule has 3 nitrogen and oxygen atoms in total. The molecule has 0 saturated heterocycles. The van der Waals surface area contributed by atoms with E-state index in [4.69, 9.17) is 15.2 Å². The van der Waals surface area contributed by atoms with Gasteiger partial charge in [0.2, 0.25) is 0 Å². The molecule has 30 heavy (non-hydrogen) atoms. The Morgan fingerprint density at radius 2 is 1.47 bits per heavy atom. The van der Waals surface area contributed by atoms with Crippen LogP contribution in [0.15, 0.2) is 91.0 Å². The summed E-state index contributed by atoms with van der Waals surface area (Å²) in [5, 5.41) is 0. The van der Waals surface area contributed by atoms with Crippen LogP contribution in [-0.2, 0) is 6.61 Å². The minimum absolute atomic E-state index is 0.466. The van der Waals surface area contributed by atoms with Gasteiger partial charge in [-0.1, -0.05) is 72.8 Å². The van der Waals surface area contributed by atoms with E-state index >= 15 is 0 Å². The number of anilines is 1. The second-order valence-electron chi connectivity index (χ2n) is 7.23. The largest absolute Gasteiger partial charge is 0.497 e. The van der Waals surface area contributed by atoms with E-state index in [2.05, 4.69) is 37.3 Å². The van der Waals surface area contributed by atoms with Crippen LogP contribution in [0.4, 0.5) is 5.69 Å². The van der Waals surface area contributed by atoms with Crippen molar-refractivity contribution in [2.24, 2.45) is 0 Å². The van der Waals surface area contributed by atoms with Crippen molar-refractivity contribution in [2.75, 3.05) is 12.8 Å². The molecule has 4 aromatic carbocycles. The Hall–Kier alpha value is -3.72. The van der Waals surface area contributed by atoms with E-state index in [1.165, 1.54) is 0 Å². The second-order valence-corrected chi connectivity index (χ2v) is 7.23. The van der Waals surface area contributed by atoms with E-state index in [1.807, 2.05) is 60.7 Å². The monoisotopic (exact) mass is 395 g/mol. The highest BCUT2D eigenvalue weighted by Crippen LogP contribution is 2.44. The third-order valence-corrected chi connectivity index (χ3v) is 5.18. The highest BCUT2D eigenvalue weighted by molar-refractivity contribution is 5.94. The number of ether oxygens (including phenoxy) is 2.